The first-order valence-electron chi connectivity index (χ1n) is 6.62. The number of aryl methyl sites for hydroxylation is 1. The summed E-state index contributed by atoms with van der Waals surface area (Å²) in [5, 5.41) is 13.4. The summed E-state index contributed by atoms with van der Waals surface area (Å²) in [6.07, 6.45) is 1.68. The third-order valence-electron chi connectivity index (χ3n) is 3.82. The van der Waals surface area contributed by atoms with Gasteiger partial charge in [-0.2, -0.15) is 0 Å². The minimum atomic E-state index is -0.157. The molecule has 0 spiro atoms. The molecule has 4 nitrogen and oxygen atoms in total. The number of hydrogen-bond donors (Lipinski definition) is 2. The second kappa shape index (κ2) is 3.93. The van der Waals surface area contributed by atoms with Crippen molar-refractivity contribution in [2.24, 2.45) is 0 Å². The van der Waals surface area contributed by atoms with E-state index in [1.807, 2.05) is 0 Å². The fourth-order valence-corrected chi connectivity index (χ4v) is 2.77. The van der Waals surface area contributed by atoms with Crippen molar-refractivity contribution in [3.8, 4) is 5.88 Å². The molecule has 0 saturated carbocycles. The van der Waals surface area contributed by atoms with Crippen LogP contribution in [0.15, 0.2) is 0 Å². The van der Waals surface area contributed by atoms with Crippen LogP contribution in [0, 0.1) is 0 Å². The molecular formula is C14H20N2O2. The lowest BCUT2D eigenvalue weighted by Gasteiger charge is -2.34. The SMILES string of the molecule is CCc1nc(O)c(C2CN2)c2c1COC(C)(C)C2. The standard InChI is InChI=1S/C14H20N2O2/c1-4-10-9-7-18-14(2,3)5-8(9)12(11-6-15-11)13(17)16-10/h11,15H,4-7H2,1-3H3,(H,16,17). The molecule has 2 aliphatic heterocycles. The Balaban J connectivity index is 2.16. The Kier molecular flexibility index (Phi) is 2.61. The fourth-order valence-electron chi connectivity index (χ4n) is 2.77. The van der Waals surface area contributed by atoms with E-state index < -0.39 is 0 Å². The molecule has 1 aromatic heterocycles. The first-order chi connectivity index (χ1) is 8.52. The quantitative estimate of drug-likeness (QED) is 0.784. The van der Waals surface area contributed by atoms with Gasteiger partial charge in [0.1, 0.15) is 0 Å². The molecule has 0 aliphatic carbocycles. The van der Waals surface area contributed by atoms with E-state index in [1.165, 1.54) is 11.1 Å². The summed E-state index contributed by atoms with van der Waals surface area (Å²) < 4.78 is 5.89. The topological polar surface area (TPSA) is 64.3 Å². The second-order valence-corrected chi connectivity index (χ2v) is 5.79. The van der Waals surface area contributed by atoms with Gasteiger partial charge < -0.3 is 15.2 Å². The van der Waals surface area contributed by atoms with Gasteiger partial charge in [0.05, 0.1) is 18.2 Å². The molecule has 0 amide bonds. The highest BCUT2D eigenvalue weighted by Crippen LogP contribution is 2.40. The van der Waals surface area contributed by atoms with E-state index in [0.29, 0.717) is 6.61 Å². The van der Waals surface area contributed by atoms with Crippen LogP contribution in [0.1, 0.15) is 49.2 Å². The van der Waals surface area contributed by atoms with Gasteiger partial charge in [-0.25, -0.2) is 4.98 Å². The highest BCUT2D eigenvalue weighted by atomic mass is 16.5. The Morgan fingerprint density at radius 3 is 2.78 bits per heavy atom. The highest BCUT2D eigenvalue weighted by Gasteiger charge is 2.36. The molecule has 0 bridgehead atoms. The number of nitrogens with zero attached hydrogens (tertiary/aromatic N) is 1. The van der Waals surface area contributed by atoms with Crippen LogP contribution in [0.2, 0.25) is 0 Å². The van der Waals surface area contributed by atoms with Crippen LogP contribution in [-0.4, -0.2) is 22.2 Å². The van der Waals surface area contributed by atoms with Crippen molar-refractivity contribution in [3.05, 3.63) is 22.4 Å². The number of hydrogen-bond acceptors (Lipinski definition) is 4. The van der Waals surface area contributed by atoms with Gasteiger partial charge in [-0.1, -0.05) is 6.92 Å². The zero-order valence-electron chi connectivity index (χ0n) is 11.2. The summed E-state index contributed by atoms with van der Waals surface area (Å²) in [6, 6.07) is 0.283. The molecule has 3 heterocycles. The third-order valence-corrected chi connectivity index (χ3v) is 3.82. The number of rotatable bonds is 2. The van der Waals surface area contributed by atoms with E-state index in [2.05, 4.69) is 31.1 Å². The average Bonchev–Trinajstić information content (AvgIpc) is 3.10. The van der Waals surface area contributed by atoms with Crippen LogP contribution in [0.3, 0.4) is 0 Å². The van der Waals surface area contributed by atoms with Gasteiger partial charge in [-0.05, 0) is 25.8 Å². The lowest BCUT2D eigenvalue weighted by molar-refractivity contribution is -0.0409. The van der Waals surface area contributed by atoms with E-state index in [4.69, 9.17) is 4.74 Å². The van der Waals surface area contributed by atoms with Crippen LogP contribution in [0.5, 0.6) is 5.88 Å². The molecule has 1 unspecified atom stereocenters. The summed E-state index contributed by atoms with van der Waals surface area (Å²) >= 11 is 0. The minimum Gasteiger partial charge on any atom is -0.493 e. The molecule has 4 heteroatoms. The van der Waals surface area contributed by atoms with Crippen LogP contribution in [-0.2, 0) is 24.2 Å². The molecular weight excluding hydrogens is 228 g/mol. The Morgan fingerprint density at radius 2 is 2.17 bits per heavy atom. The molecule has 0 radical (unpaired) electrons. The van der Waals surface area contributed by atoms with Gasteiger partial charge in [-0.15, -0.1) is 0 Å². The van der Waals surface area contributed by atoms with E-state index >= 15 is 0 Å². The van der Waals surface area contributed by atoms with Crippen molar-refractivity contribution < 1.29 is 9.84 Å². The van der Waals surface area contributed by atoms with E-state index in [-0.39, 0.29) is 17.5 Å². The minimum absolute atomic E-state index is 0.157. The molecule has 0 aromatic carbocycles. The van der Waals surface area contributed by atoms with Gasteiger partial charge in [0.25, 0.3) is 0 Å². The maximum atomic E-state index is 10.2. The highest BCUT2D eigenvalue weighted by molar-refractivity contribution is 5.48. The molecule has 18 heavy (non-hydrogen) atoms. The van der Waals surface area contributed by atoms with Crippen molar-refractivity contribution in [2.75, 3.05) is 6.54 Å². The Labute approximate surface area is 107 Å². The molecule has 1 saturated heterocycles. The monoisotopic (exact) mass is 248 g/mol. The largest absolute Gasteiger partial charge is 0.493 e. The summed E-state index contributed by atoms with van der Waals surface area (Å²) in [4.78, 5) is 4.35. The number of pyridine rings is 1. The smallest absolute Gasteiger partial charge is 0.216 e. The van der Waals surface area contributed by atoms with Crippen LogP contribution in [0.4, 0.5) is 0 Å². The third kappa shape index (κ3) is 1.89. The number of ether oxygens (including phenoxy) is 1. The van der Waals surface area contributed by atoms with E-state index in [9.17, 15) is 5.11 Å². The van der Waals surface area contributed by atoms with E-state index in [1.54, 1.807) is 0 Å². The summed E-state index contributed by atoms with van der Waals surface area (Å²) in [5.41, 5.74) is 4.26. The Bertz CT molecular complexity index is 493. The first-order valence-corrected chi connectivity index (χ1v) is 6.62. The lowest BCUT2D eigenvalue weighted by Crippen LogP contribution is -2.33. The van der Waals surface area contributed by atoms with Crippen molar-refractivity contribution in [1.82, 2.24) is 10.3 Å². The zero-order chi connectivity index (χ0) is 12.9. The molecule has 1 aromatic rings. The lowest BCUT2D eigenvalue weighted by atomic mass is 9.86. The van der Waals surface area contributed by atoms with Crippen molar-refractivity contribution in [1.29, 1.82) is 0 Å². The number of fused-ring (bicyclic) bond motifs is 1. The summed E-state index contributed by atoms with van der Waals surface area (Å²) in [7, 11) is 0. The van der Waals surface area contributed by atoms with Crippen molar-refractivity contribution in [3.63, 3.8) is 0 Å². The first kappa shape index (κ1) is 11.9. The Hall–Kier alpha value is -1.13. The van der Waals surface area contributed by atoms with Gasteiger partial charge in [-0.3, -0.25) is 0 Å². The molecule has 98 valence electrons. The van der Waals surface area contributed by atoms with Crippen LogP contribution < -0.4 is 5.32 Å². The predicted molar refractivity (Wildman–Crippen MR) is 68.6 cm³/mol. The predicted octanol–water partition coefficient (Wildman–Crippen LogP) is 1.85. The van der Waals surface area contributed by atoms with Crippen molar-refractivity contribution >= 4 is 0 Å². The molecule has 3 rings (SSSR count). The number of nitrogens with one attached hydrogen (secondary N) is 1. The average molecular weight is 248 g/mol. The van der Waals surface area contributed by atoms with Crippen molar-refractivity contribution in [2.45, 2.75) is 51.9 Å². The van der Waals surface area contributed by atoms with E-state index in [0.717, 1.165) is 30.6 Å². The molecule has 1 fully saturated rings. The number of aromatic nitrogens is 1. The van der Waals surface area contributed by atoms with Gasteiger partial charge >= 0.3 is 0 Å². The Morgan fingerprint density at radius 1 is 1.44 bits per heavy atom. The van der Waals surface area contributed by atoms with Crippen LogP contribution in [0.25, 0.3) is 0 Å². The maximum absolute atomic E-state index is 10.2. The van der Waals surface area contributed by atoms with Crippen LogP contribution >= 0.6 is 0 Å². The summed E-state index contributed by atoms with van der Waals surface area (Å²) in [6.45, 7) is 7.82. The second-order valence-electron chi connectivity index (χ2n) is 5.79. The van der Waals surface area contributed by atoms with Gasteiger partial charge in [0.2, 0.25) is 5.88 Å². The molecule has 2 N–H and O–H groups in total. The summed E-state index contributed by atoms with van der Waals surface area (Å²) in [5.74, 6) is 0.207. The zero-order valence-corrected chi connectivity index (χ0v) is 11.2. The van der Waals surface area contributed by atoms with Gasteiger partial charge in [0, 0.05) is 29.8 Å². The normalized spacial score (nSPS) is 24.7. The maximum Gasteiger partial charge on any atom is 0.216 e. The fraction of sp³-hybridized carbons (Fsp3) is 0.643. The molecule has 1 atom stereocenters. The number of aromatic hydroxyl groups is 1. The molecule has 2 aliphatic rings. The van der Waals surface area contributed by atoms with Gasteiger partial charge in [0.15, 0.2) is 0 Å².